The number of rotatable bonds is 22. The van der Waals surface area contributed by atoms with Crippen molar-refractivity contribution >= 4 is 0 Å². The third-order valence-electron chi connectivity index (χ3n) is 10.6. The SMILES string of the molecule is C[C@H](O)C(CO)O[C@@H](O[C@@H]1C(CO)O[C@H](O[C@H]2C(CO)O[C@H](O[C@@H]3C(CO)O[C@@H](O[C@@H]4C(CO)O[C@@H](OCCCN)[C@@H](O)C4O)[C@@H](O)C3O)C(O)[C@H]2O)C(O)[C@H]1O)[C@@H](O)CO. The van der Waals surface area contributed by atoms with Crippen LogP contribution in [0.25, 0.3) is 0 Å². The van der Waals surface area contributed by atoms with Gasteiger partial charge in [-0.15, -0.1) is 0 Å². The Balaban J connectivity index is 1.41. The maximum Gasteiger partial charge on any atom is 0.187 e. The van der Waals surface area contributed by atoms with Crippen LogP contribution in [0.5, 0.6) is 0 Å². The van der Waals surface area contributed by atoms with Crippen LogP contribution >= 0.6 is 0 Å². The van der Waals surface area contributed by atoms with Crippen molar-refractivity contribution in [1.82, 2.24) is 0 Å². The maximum absolute atomic E-state index is 11.2. The molecular weight excluding hydrogens is 838 g/mol. The molecule has 0 radical (unpaired) electrons. The fraction of sp³-hybridized carbons (Fsp3) is 1.00. The van der Waals surface area contributed by atoms with Crippen LogP contribution < -0.4 is 5.73 Å². The Kier molecular flexibility index (Phi) is 21.1. The van der Waals surface area contributed by atoms with Crippen molar-refractivity contribution in [3.05, 3.63) is 0 Å². The molecule has 360 valence electrons. The average Bonchev–Trinajstić information content (AvgIpc) is 3.25. The summed E-state index contributed by atoms with van der Waals surface area (Å²) < 4.78 is 55.6. The topological polar surface area (TPSA) is 442 Å². The molecule has 4 fully saturated rings. The third-order valence-corrected chi connectivity index (χ3v) is 10.6. The van der Waals surface area contributed by atoms with E-state index < -0.39 is 187 Å². The first kappa shape index (κ1) is 52.5. The molecule has 0 saturated carbocycles. The van der Waals surface area contributed by atoms with Gasteiger partial charge in [0.15, 0.2) is 31.5 Å². The van der Waals surface area contributed by atoms with Crippen molar-refractivity contribution in [3.63, 3.8) is 0 Å². The second kappa shape index (κ2) is 24.4. The van der Waals surface area contributed by atoms with E-state index in [-0.39, 0.29) is 13.2 Å². The number of aliphatic hydroxyl groups excluding tert-OH is 16. The highest BCUT2D eigenvalue weighted by molar-refractivity contribution is 4.98. The van der Waals surface area contributed by atoms with Gasteiger partial charge < -0.3 is 135 Å². The Hall–Kier alpha value is -1.08. The Morgan fingerprint density at radius 1 is 0.508 bits per heavy atom. The molecule has 9 unspecified atom stereocenters. The van der Waals surface area contributed by atoms with Gasteiger partial charge >= 0.3 is 0 Å². The van der Waals surface area contributed by atoms with E-state index >= 15 is 0 Å². The second-order valence-corrected chi connectivity index (χ2v) is 15.0. The first-order valence-corrected chi connectivity index (χ1v) is 19.7. The van der Waals surface area contributed by atoms with Crippen molar-refractivity contribution < 1.29 is 129 Å². The Morgan fingerprint density at radius 3 is 1.21 bits per heavy atom. The molecule has 0 aromatic carbocycles. The summed E-state index contributed by atoms with van der Waals surface area (Å²) in [5.74, 6) is 0. The normalized spacial score (nSPS) is 44.4. The van der Waals surface area contributed by atoms with Crippen LogP contribution in [0.4, 0.5) is 0 Å². The minimum Gasteiger partial charge on any atom is -0.394 e. The lowest BCUT2D eigenvalue weighted by atomic mass is 9.95. The van der Waals surface area contributed by atoms with E-state index in [9.17, 15) is 81.7 Å². The first-order valence-electron chi connectivity index (χ1n) is 19.7. The molecule has 0 aliphatic carbocycles. The van der Waals surface area contributed by atoms with Crippen molar-refractivity contribution in [3.8, 4) is 0 Å². The predicted molar refractivity (Wildman–Crippen MR) is 191 cm³/mol. The van der Waals surface area contributed by atoms with Gasteiger partial charge in [0.1, 0.15) is 110 Å². The predicted octanol–water partition coefficient (Wildman–Crippen LogP) is -10.9. The monoisotopic (exact) mass is 901 g/mol. The van der Waals surface area contributed by atoms with Crippen LogP contribution in [0.3, 0.4) is 0 Å². The molecule has 61 heavy (non-hydrogen) atoms. The highest BCUT2D eigenvalue weighted by Crippen LogP contribution is 2.35. The molecule has 4 aliphatic rings. The van der Waals surface area contributed by atoms with E-state index in [2.05, 4.69) is 0 Å². The highest BCUT2D eigenvalue weighted by atomic mass is 16.8. The van der Waals surface area contributed by atoms with Crippen molar-refractivity contribution in [2.45, 2.75) is 161 Å². The summed E-state index contributed by atoms with van der Waals surface area (Å²) in [5, 5.41) is 167. The Morgan fingerprint density at radius 2 is 0.869 bits per heavy atom. The largest absolute Gasteiger partial charge is 0.394 e. The Labute approximate surface area is 348 Å². The molecule has 0 aromatic rings. The standard InChI is InChI=1S/C34H63NO26/c1-11(42)13(6-37)53-30(12(43)5-36)58-26-15(8-39)55-32(23(49)19(26)45)60-28-17(10-41)57-34(25(51)21(28)47)61-29-16(9-40)56-33(24(50)20(29)46)59-27-14(7-38)54-31(22(48)18(27)44)52-4-2-3-35/h11-34,36-51H,2-10,35H2,1H3/t11-,12-,13?,14?,15?,16?,17?,18?,19+,20?,21+,22-,23?,24-,25?,26+,27+,28-,29+,30-,31+,32+,33-,34+/m0/s1. The zero-order valence-corrected chi connectivity index (χ0v) is 33.0. The van der Waals surface area contributed by atoms with E-state index in [0.29, 0.717) is 6.42 Å². The molecule has 24 atom stereocenters. The summed E-state index contributed by atoms with van der Waals surface area (Å²) in [6.07, 6.45) is -42.0. The quantitative estimate of drug-likeness (QED) is 0.0354. The molecule has 4 heterocycles. The van der Waals surface area contributed by atoms with Gasteiger partial charge in [-0.2, -0.15) is 0 Å². The smallest absolute Gasteiger partial charge is 0.187 e. The molecule has 4 rings (SSSR count). The molecule has 4 saturated heterocycles. The molecule has 27 heteroatoms. The summed E-state index contributed by atoms with van der Waals surface area (Å²) >= 11 is 0. The van der Waals surface area contributed by atoms with Gasteiger partial charge in [-0.1, -0.05) is 0 Å². The molecule has 0 amide bonds. The molecule has 4 aliphatic heterocycles. The van der Waals surface area contributed by atoms with Gasteiger partial charge in [0, 0.05) is 0 Å². The first-order chi connectivity index (χ1) is 29.0. The average molecular weight is 902 g/mol. The molecule has 0 aromatic heterocycles. The van der Waals surface area contributed by atoms with Crippen LogP contribution in [0.2, 0.25) is 0 Å². The summed E-state index contributed by atoms with van der Waals surface area (Å²) in [4.78, 5) is 0. The summed E-state index contributed by atoms with van der Waals surface area (Å²) in [6, 6.07) is 0. The number of hydrogen-bond donors (Lipinski definition) is 17. The molecule has 27 nitrogen and oxygen atoms in total. The number of hydrogen-bond acceptors (Lipinski definition) is 27. The zero-order chi connectivity index (χ0) is 45.3. The van der Waals surface area contributed by atoms with Crippen LogP contribution in [0, 0.1) is 0 Å². The zero-order valence-electron chi connectivity index (χ0n) is 33.0. The van der Waals surface area contributed by atoms with Crippen molar-refractivity contribution in [1.29, 1.82) is 0 Å². The molecule has 18 N–H and O–H groups in total. The fourth-order valence-electron chi connectivity index (χ4n) is 7.04. The maximum atomic E-state index is 11.2. The van der Waals surface area contributed by atoms with Crippen LogP contribution in [0.1, 0.15) is 13.3 Å². The molecule has 0 bridgehead atoms. The minimum atomic E-state index is -2.12. The lowest BCUT2D eigenvalue weighted by Crippen LogP contribution is -2.67. The van der Waals surface area contributed by atoms with E-state index in [0.717, 1.165) is 0 Å². The summed E-state index contributed by atoms with van der Waals surface area (Å²) in [7, 11) is 0. The van der Waals surface area contributed by atoms with Gasteiger partial charge in [0.2, 0.25) is 0 Å². The van der Waals surface area contributed by atoms with E-state index in [4.69, 9.17) is 53.1 Å². The highest BCUT2D eigenvalue weighted by Gasteiger charge is 2.56. The van der Waals surface area contributed by atoms with Crippen molar-refractivity contribution in [2.24, 2.45) is 5.73 Å². The second-order valence-electron chi connectivity index (χ2n) is 15.0. The fourth-order valence-corrected chi connectivity index (χ4v) is 7.04. The van der Waals surface area contributed by atoms with Gasteiger partial charge in [-0.3, -0.25) is 0 Å². The van der Waals surface area contributed by atoms with Crippen molar-refractivity contribution in [2.75, 3.05) is 52.8 Å². The lowest BCUT2D eigenvalue weighted by Gasteiger charge is -2.49. The van der Waals surface area contributed by atoms with E-state index in [1.54, 1.807) is 0 Å². The van der Waals surface area contributed by atoms with E-state index in [1.165, 1.54) is 6.92 Å². The van der Waals surface area contributed by atoms with Gasteiger partial charge in [-0.25, -0.2) is 0 Å². The van der Waals surface area contributed by atoms with E-state index in [1.807, 2.05) is 0 Å². The molecule has 0 spiro atoms. The number of aliphatic hydroxyl groups is 16. The van der Waals surface area contributed by atoms with Gasteiger partial charge in [0.05, 0.1) is 52.4 Å². The van der Waals surface area contributed by atoms with Crippen LogP contribution in [0.15, 0.2) is 0 Å². The number of nitrogens with two attached hydrogens (primary N) is 1. The summed E-state index contributed by atoms with van der Waals surface area (Å²) in [5.41, 5.74) is 5.44. The number of ether oxygens (including phenoxy) is 10. The van der Waals surface area contributed by atoms with Crippen LogP contribution in [-0.4, -0.2) is 282 Å². The van der Waals surface area contributed by atoms with Gasteiger partial charge in [0.25, 0.3) is 0 Å². The van der Waals surface area contributed by atoms with Crippen LogP contribution in [-0.2, 0) is 47.4 Å². The third kappa shape index (κ3) is 12.4. The lowest BCUT2D eigenvalue weighted by molar-refractivity contribution is -0.391. The van der Waals surface area contributed by atoms with Gasteiger partial charge in [-0.05, 0) is 19.9 Å². The molecular formula is C34H63NO26. The minimum absolute atomic E-state index is 0.0516. The summed E-state index contributed by atoms with van der Waals surface area (Å²) in [6.45, 7) is -3.79. The Bertz CT molecular complexity index is 1240.